The fraction of sp³-hybridized carbons (Fsp3) is 0.611. The first kappa shape index (κ1) is 25.7. The molecule has 0 aromatic heterocycles. The molecular formula is C18H30Cl2IN3O2. The molecule has 1 aromatic carbocycles. The molecule has 5 nitrogen and oxygen atoms in total. The van der Waals surface area contributed by atoms with Crippen molar-refractivity contribution in [1.29, 1.82) is 0 Å². The summed E-state index contributed by atoms with van der Waals surface area (Å²) in [7, 11) is 3.43. The molecule has 0 saturated carbocycles. The SMILES string of the molecule is CN=C(NCCCOCCOC)NCC(C)(C)c1ccc(Cl)c(Cl)c1.I. The highest BCUT2D eigenvalue weighted by molar-refractivity contribution is 14.0. The third kappa shape index (κ3) is 9.60. The number of hydrogen-bond donors (Lipinski definition) is 2. The van der Waals surface area contributed by atoms with Gasteiger partial charge in [0.05, 0.1) is 23.3 Å². The monoisotopic (exact) mass is 517 g/mol. The van der Waals surface area contributed by atoms with Crippen molar-refractivity contribution in [3.8, 4) is 0 Å². The Morgan fingerprint density at radius 2 is 1.85 bits per heavy atom. The van der Waals surface area contributed by atoms with E-state index < -0.39 is 0 Å². The van der Waals surface area contributed by atoms with E-state index in [2.05, 4.69) is 29.5 Å². The Hall–Kier alpha value is -0.280. The van der Waals surface area contributed by atoms with E-state index in [0.717, 1.165) is 31.0 Å². The predicted octanol–water partition coefficient (Wildman–Crippen LogP) is 4.11. The molecule has 0 fully saturated rings. The summed E-state index contributed by atoms with van der Waals surface area (Å²) in [6.07, 6.45) is 0.903. The van der Waals surface area contributed by atoms with E-state index >= 15 is 0 Å². The lowest BCUT2D eigenvalue weighted by Gasteiger charge is -2.27. The third-order valence-corrected chi connectivity index (χ3v) is 4.55. The summed E-state index contributed by atoms with van der Waals surface area (Å²) in [5.41, 5.74) is 1.01. The molecule has 0 aliphatic carbocycles. The van der Waals surface area contributed by atoms with Crippen molar-refractivity contribution in [2.45, 2.75) is 25.7 Å². The third-order valence-electron chi connectivity index (χ3n) is 3.81. The summed E-state index contributed by atoms with van der Waals surface area (Å²) in [5.74, 6) is 0.769. The van der Waals surface area contributed by atoms with Crippen LogP contribution in [0.25, 0.3) is 0 Å². The fourth-order valence-electron chi connectivity index (χ4n) is 2.17. The standard InChI is InChI=1S/C18H29Cl2N3O2.HI/c1-18(2,14-6-7-15(19)16(20)12-14)13-23-17(21-3)22-8-5-9-25-11-10-24-4;/h6-7,12H,5,8-11,13H2,1-4H3,(H2,21,22,23);1H. The molecule has 150 valence electrons. The summed E-state index contributed by atoms with van der Waals surface area (Å²) in [4.78, 5) is 4.25. The predicted molar refractivity (Wildman–Crippen MR) is 122 cm³/mol. The molecule has 0 heterocycles. The number of methoxy groups -OCH3 is 1. The van der Waals surface area contributed by atoms with Crippen LogP contribution in [0.5, 0.6) is 0 Å². The van der Waals surface area contributed by atoms with Gasteiger partial charge in [-0.3, -0.25) is 4.99 Å². The largest absolute Gasteiger partial charge is 0.382 e. The second kappa shape index (κ2) is 13.8. The van der Waals surface area contributed by atoms with Crippen LogP contribution in [0.3, 0.4) is 0 Å². The molecule has 0 bridgehead atoms. The Labute approximate surface area is 184 Å². The first-order valence-corrected chi connectivity index (χ1v) is 9.13. The Kier molecular flexibility index (Phi) is 13.7. The Balaban J connectivity index is 0.00000625. The molecule has 0 amide bonds. The molecule has 26 heavy (non-hydrogen) atoms. The van der Waals surface area contributed by atoms with Crippen molar-refractivity contribution in [3.63, 3.8) is 0 Å². The minimum absolute atomic E-state index is 0. The summed E-state index contributed by atoms with van der Waals surface area (Å²) < 4.78 is 10.4. The van der Waals surface area contributed by atoms with Crippen LogP contribution in [0.2, 0.25) is 10.0 Å². The highest BCUT2D eigenvalue weighted by Gasteiger charge is 2.21. The topological polar surface area (TPSA) is 54.9 Å². The van der Waals surface area contributed by atoms with Gasteiger partial charge in [0.25, 0.3) is 0 Å². The van der Waals surface area contributed by atoms with Crippen LogP contribution in [0.1, 0.15) is 25.8 Å². The van der Waals surface area contributed by atoms with Crippen molar-refractivity contribution in [2.24, 2.45) is 4.99 Å². The number of hydrogen-bond acceptors (Lipinski definition) is 3. The van der Waals surface area contributed by atoms with Gasteiger partial charge >= 0.3 is 0 Å². The number of nitrogens with zero attached hydrogens (tertiary/aromatic N) is 1. The van der Waals surface area contributed by atoms with Crippen LogP contribution < -0.4 is 10.6 Å². The lowest BCUT2D eigenvalue weighted by Crippen LogP contribution is -2.43. The van der Waals surface area contributed by atoms with Crippen molar-refractivity contribution in [2.75, 3.05) is 47.1 Å². The van der Waals surface area contributed by atoms with Crippen LogP contribution >= 0.6 is 47.2 Å². The van der Waals surface area contributed by atoms with Gasteiger partial charge in [0, 0.05) is 39.3 Å². The quantitative estimate of drug-likeness (QED) is 0.212. The van der Waals surface area contributed by atoms with E-state index in [0.29, 0.717) is 29.9 Å². The van der Waals surface area contributed by atoms with Crippen LogP contribution in [0, 0.1) is 0 Å². The van der Waals surface area contributed by atoms with Gasteiger partial charge in [0.15, 0.2) is 5.96 Å². The maximum absolute atomic E-state index is 6.13. The van der Waals surface area contributed by atoms with Crippen LogP contribution in [0.15, 0.2) is 23.2 Å². The molecular weight excluding hydrogens is 488 g/mol. The van der Waals surface area contributed by atoms with Gasteiger partial charge in [-0.05, 0) is 24.1 Å². The number of benzene rings is 1. The minimum atomic E-state index is -0.116. The number of aliphatic imine (C=N–C) groups is 1. The summed E-state index contributed by atoms with van der Waals surface area (Å²) in [6, 6.07) is 5.75. The lowest BCUT2D eigenvalue weighted by atomic mass is 9.84. The summed E-state index contributed by atoms with van der Waals surface area (Å²) in [6.45, 7) is 7.76. The molecule has 1 aromatic rings. The van der Waals surface area contributed by atoms with Crippen LogP contribution in [0.4, 0.5) is 0 Å². The van der Waals surface area contributed by atoms with Crippen LogP contribution in [-0.2, 0) is 14.9 Å². The van der Waals surface area contributed by atoms with Gasteiger partial charge in [0.1, 0.15) is 0 Å². The maximum atomic E-state index is 6.13. The lowest BCUT2D eigenvalue weighted by molar-refractivity contribution is 0.0698. The van der Waals surface area contributed by atoms with Gasteiger partial charge in [-0.15, -0.1) is 24.0 Å². The second-order valence-electron chi connectivity index (χ2n) is 6.32. The molecule has 8 heteroatoms. The maximum Gasteiger partial charge on any atom is 0.191 e. The first-order valence-electron chi connectivity index (χ1n) is 8.37. The molecule has 1 rings (SSSR count). The van der Waals surface area contributed by atoms with Crippen molar-refractivity contribution >= 4 is 53.1 Å². The van der Waals surface area contributed by atoms with Gasteiger partial charge < -0.3 is 20.1 Å². The van der Waals surface area contributed by atoms with Crippen molar-refractivity contribution < 1.29 is 9.47 Å². The fourth-order valence-corrected chi connectivity index (χ4v) is 2.47. The molecule has 2 N–H and O–H groups in total. The molecule has 0 unspecified atom stereocenters. The zero-order valence-corrected chi connectivity index (χ0v) is 19.7. The Bertz CT molecular complexity index is 557. The zero-order chi connectivity index (χ0) is 18.7. The molecule has 0 atom stereocenters. The molecule has 0 radical (unpaired) electrons. The molecule has 0 saturated heterocycles. The van der Waals surface area contributed by atoms with E-state index in [1.807, 2.05) is 18.2 Å². The second-order valence-corrected chi connectivity index (χ2v) is 7.14. The van der Waals surface area contributed by atoms with E-state index in [-0.39, 0.29) is 29.4 Å². The van der Waals surface area contributed by atoms with Gasteiger partial charge in [0.2, 0.25) is 0 Å². The average molecular weight is 518 g/mol. The number of guanidine groups is 1. The average Bonchev–Trinajstić information content (AvgIpc) is 2.59. The summed E-state index contributed by atoms with van der Waals surface area (Å²) in [5, 5.41) is 7.78. The van der Waals surface area contributed by atoms with Crippen molar-refractivity contribution in [3.05, 3.63) is 33.8 Å². The van der Waals surface area contributed by atoms with E-state index in [1.54, 1.807) is 14.2 Å². The minimum Gasteiger partial charge on any atom is -0.382 e. The molecule has 0 aliphatic rings. The van der Waals surface area contributed by atoms with Gasteiger partial charge in [-0.2, -0.15) is 0 Å². The normalized spacial score (nSPS) is 11.8. The molecule has 0 aliphatic heterocycles. The van der Waals surface area contributed by atoms with E-state index in [9.17, 15) is 0 Å². The van der Waals surface area contributed by atoms with E-state index in [1.165, 1.54) is 0 Å². The molecule has 0 spiro atoms. The van der Waals surface area contributed by atoms with Crippen LogP contribution in [-0.4, -0.2) is 53.0 Å². The van der Waals surface area contributed by atoms with Gasteiger partial charge in [-0.1, -0.05) is 43.1 Å². The van der Waals surface area contributed by atoms with Crippen molar-refractivity contribution in [1.82, 2.24) is 10.6 Å². The van der Waals surface area contributed by atoms with Gasteiger partial charge in [-0.25, -0.2) is 0 Å². The Morgan fingerprint density at radius 3 is 2.46 bits per heavy atom. The summed E-state index contributed by atoms with van der Waals surface area (Å²) >= 11 is 12.1. The number of rotatable bonds is 10. The highest BCUT2D eigenvalue weighted by Crippen LogP contribution is 2.29. The van der Waals surface area contributed by atoms with E-state index in [4.69, 9.17) is 32.7 Å². The first-order chi connectivity index (χ1) is 11.9. The zero-order valence-electron chi connectivity index (χ0n) is 15.9. The number of nitrogens with one attached hydrogen (secondary N) is 2. The highest BCUT2D eigenvalue weighted by atomic mass is 127. The smallest absolute Gasteiger partial charge is 0.191 e. The number of halogens is 3. The Morgan fingerprint density at radius 1 is 1.12 bits per heavy atom. The number of ether oxygens (including phenoxy) is 2.